The molecule has 0 unspecified atom stereocenters. The first-order valence-corrected chi connectivity index (χ1v) is 10.3. The fourth-order valence-corrected chi connectivity index (χ4v) is 4.00. The zero-order valence-electron chi connectivity index (χ0n) is 12.8. The van der Waals surface area contributed by atoms with Gasteiger partial charge in [-0.2, -0.15) is 0 Å². The summed E-state index contributed by atoms with van der Waals surface area (Å²) in [5.41, 5.74) is 5.63. The van der Waals surface area contributed by atoms with E-state index in [9.17, 15) is 10.2 Å². The first-order chi connectivity index (χ1) is 9.69. The van der Waals surface area contributed by atoms with Crippen LogP contribution < -0.4 is 5.73 Å². The Bertz CT molecular complexity index is 523. The molecule has 4 atom stereocenters. The quantitative estimate of drug-likeness (QED) is 0.672. The summed E-state index contributed by atoms with van der Waals surface area (Å²) in [4.78, 5) is 5.93. The van der Waals surface area contributed by atoms with Gasteiger partial charge >= 0.3 is 0 Å². The average molecular weight is 311 g/mol. The molecule has 2 rings (SSSR count). The van der Waals surface area contributed by atoms with Gasteiger partial charge in [0.05, 0.1) is 12.1 Å². The Labute approximate surface area is 126 Å². The number of aliphatic hydroxyl groups excluding tert-OH is 2. The summed E-state index contributed by atoms with van der Waals surface area (Å²) in [7, 11) is 0. The van der Waals surface area contributed by atoms with Crippen LogP contribution in [-0.2, 0) is 0 Å². The van der Waals surface area contributed by atoms with E-state index in [-0.39, 0.29) is 12.0 Å². The van der Waals surface area contributed by atoms with E-state index in [0.717, 1.165) is 19.0 Å². The molecule has 0 spiro atoms. The molecule has 0 aromatic carbocycles. The van der Waals surface area contributed by atoms with Crippen molar-refractivity contribution in [3.05, 3.63) is 24.7 Å². The SMILES string of the molecule is C=C1N=C(N)C=CN1[C@@H]1C[C@H](CCP(=C)(C)C)[C@@H](O)[C@H]1O. The molecule has 0 saturated heterocycles. The molecule has 0 amide bonds. The molecule has 118 valence electrons. The van der Waals surface area contributed by atoms with E-state index in [4.69, 9.17) is 5.73 Å². The normalized spacial score (nSPS) is 33.4. The van der Waals surface area contributed by atoms with E-state index >= 15 is 0 Å². The van der Waals surface area contributed by atoms with E-state index in [1.54, 1.807) is 12.3 Å². The predicted molar refractivity (Wildman–Crippen MR) is 91.0 cm³/mol. The predicted octanol–water partition coefficient (Wildman–Crippen LogP) is 0.854. The lowest BCUT2D eigenvalue weighted by Crippen LogP contribution is -2.41. The minimum absolute atomic E-state index is 0.0930. The van der Waals surface area contributed by atoms with Crippen molar-refractivity contribution in [2.24, 2.45) is 16.6 Å². The van der Waals surface area contributed by atoms with Crippen LogP contribution in [0.3, 0.4) is 0 Å². The molecular weight excluding hydrogens is 285 g/mol. The smallest absolute Gasteiger partial charge is 0.127 e. The molecule has 5 nitrogen and oxygen atoms in total. The Kier molecular flexibility index (Phi) is 4.66. The fraction of sp³-hybridized carbons (Fsp3) is 0.600. The van der Waals surface area contributed by atoms with Crippen LogP contribution in [0.1, 0.15) is 12.8 Å². The zero-order valence-corrected chi connectivity index (χ0v) is 13.7. The Morgan fingerprint density at radius 3 is 2.67 bits per heavy atom. The van der Waals surface area contributed by atoms with Crippen LogP contribution in [0.4, 0.5) is 0 Å². The summed E-state index contributed by atoms with van der Waals surface area (Å²) in [5, 5.41) is 20.6. The molecule has 0 aromatic heterocycles. The topological polar surface area (TPSA) is 82.1 Å². The van der Waals surface area contributed by atoms with Gasteiger partial charge in [0, 0.05) is 6.20 Å². The molecule has 0 radical (unpaired) electrons. The van der Waals surface area contributed by atoms with Crippen molar-refractivity contribution >= 4 is 19.0 Å². The van der Waals surface area contributed by atoms with E-state index in [2.05, 4.69) is 31.2 Å². The van der Waals surface area contributed by atoms with Gasteiger partial charge in [0.15, 0.2) is 0 Å². The summed E-state index contributed by atoms with van der Waals surface area (Å²) >= 11 is 0. The summed E-state index contributed by atoms with van der Waals surface area (Å²) < 4.78 is 0. The average Bonchev–Trinajstić information content (AvgIpc) is 2.64. The highest BCUT2D eigenvalue weighted by Gasteiger charge is 2.44. The number of rotatable bonds is 4. The highest BCUT2D eigenvalue weighted by atomic mass is 31.2. The van der Waals surface area contributed by atoms with Crippen LogP contribution in [0.25, 0.3) is 0 Å². The standard InChI is InChI=1S/C15H26N3O2P/c1-10-17-13(16)5-7-18(10)12-9-11(14(19)15(12)20)6-8-21(2,3)4/h5,7,11-12,14-15,19-20H,1-2,6,8-9H2,3-4H3,(H2,16,17)/t11-,12+,14+,15-/m0/s1. The van der Waals surface area contributed by atoms with Gasteiger partial charge in [0.2, 0.25) is 0 Å². The van der Waals surface area contributed by atoms with Gasteiger partial charge < -0.3 is 20.8 Å². The molecule has 2 aliphatic rings. The molecular formula is C15H26N3O2P. The Morgan fingerprint density at radius 2 is 2.10 bits per heavy atom. The maximum absolute atomic E-state index is 10.3. The van der Waals surface area contributed by atoms with Crippen LogP contribution in [0.2, 0.25) is 0 Å². The van der Waals surface area contributed by atoms with Gasteiger partial charge in [-0.15, -0.1) is 13.2 Å². The van der Waals surface area contributed by atoms with E-state index in [0.29, 0.717) is 11.7 Å². The molecule has 6 heteroatoms. The zero-order chi connectivity index (χ0) is 15.8. The van der Waals surface area contributed by atoms with Crippen LogP contribution >= 0.6 is 6.89 Å². The number of nitrogens with two attached hydrogens (primary N) is 1. The largest absolute Gasteiger partial charge is 0.390 e. The van der Waals surface area contributed by atoms with Crippen LogP contribution in [0.5, 0.6) is 0 Å². The highest BCUT2D eigenvalue weighted by molar-refractivity contribution is 7.72. The van der Waals surface area contributed by atoms with Gasteiger partial charge in [0.1, 0.15) is 17.8 Å². The number of aliphatic imine (C=N–C) groups is 1. The molecule has 0 bridgehead atoms. The van der Waals surface area contributed by atoms with Crippen molar-refractivity contribution in [3.63, 3.8) is 0 Å². The molecule has 1 fully saturated rings. The number of aliphatic hydroxyl groups is 2. The van der Waals surface area contributed by atoms with Gasteiger partial charge in [-0.25, -0.2) is 4.99 Å². The number of hydrogen-bond donors (Lipinski definition) is 3. The van der Waals surface area contributed by atoms with E-state index in [1.807, 2.05) is 4.90 Å². The molecule has 1 aliphatic carbocycles. The maximum Gasteiger partial charge on any atom is 0.127 e. The molecule has 1 aliphatic heterocycles. The lowest BCUT2D eigenvalue weighted by atomic mass is 10.0. The van der Waals surface area contributed by atoms with Crippen LogP contribution in [-0.4, -0.2) is 65.0 Å². The van der Waals surface area contributed by atoms with Crippen molar-refractivity contribution in [1.82, 2.24) is 4.90 Å². The number of hydrogen-bond acceptors (Lipinski definition) is 5. The number of amidine groups is 1. The second kappa shape index (κ2) is 5.99. The van der Waals surface area contributed by atoms with Crippen LogP contribution in [0, 0.1) is 5.92 Å². The second-order valence-electron chi connectivity index (χ2n) is 6.67. The molecule has 21 heavy (non-hydrogen) atoms. The Morgan fingerprint density at radius 1 is 1.43 bits per heavy atom. The van der Waals surface area contributed by atoms with Crippen molar-refractivity contribution in [3.8, 4) is 0 Å². The molecule has 0 aromatic rings. The van der Waals surface area contributed by atoms with Crippen molar-refractivity contribution in [2.75, 3.05) is 19.5 Å². The Hall–Kier alpha value is -1.03. The molecule has 4 N–H and O–H groups in total. The second-order valence-corrected chi connectivity index (χ2v) is 11.0. The monoisotopic (exact) mass is 311 g/mol. The first kappa shape index (κ1) is 16.3. The third-order valence-electron chi connectivity index (χ3n) is 4.20. The minimum atomic E-state index is -1.11. The third kappa shape index (κ3) is 3.79. The summed E-state index contributed by atoms with van der Waals surface area (Å²) in [5.74, 6) is 1.01. The highest BCUT2D eigenvalue weighted by Crippen LogP contribution is 2.41. The fourth-order valence-electron chi connectivity index (χ4n) is 2.97. The van der Waals surface area contributed by atoms with E-state index < -0.39 is 19.1 Å². The van der Waals surface area contributed by atoms with Crippen molar-refractivity contribution in [2.45, 2.75) is 31.1 Å². The Balaban J connectivity index is 2.05. The summed E-state index contributed by atoms with van der Waals surface area (Å²) in [6, 6.07) is -0.197. The van der Waals surface area contributed by atoms with Gasteiger partial charge in [0.25, 0.3) is 0 Å². The molecule has 1 heterocycles. The lowest BCUT2D eigenvalue weighted by Gasteiger charge is -2.31. The first-order valence-electron chi connectivity index (χ1n) is 7.22. The number of nitrogens with zero attached hydrogens (tertiary/aromatic N) is 2. The molecule has 1 saturated carbocycles. The maximum atomic E-state index is 10.3. The minimum Gasteiger partial charge on any atom is -0.390 e. The third-order valence-corrected chi connectivity index (χ3v) is 5.66. The lowest BCUT2D eigenvalue weighted by molar-refractivity contribution is 0.000102. The van der Waals surface area contributed by atoms with Crippen molar-refractivity contribution in [1.29, 1.82) is 0 Å². The van der Waals surface area contributed by atoms with Crippen LogP contribution in [0.15, 0.2) is 29.7 Å². The van der Waals surface area contributed by atoms with Crippen molar-refractivity contribution < 1.29 is 10.2 Å². The van der Waals surface area contributed by atoms with Gasteiger partial charge in [-0.05, 0) is 44.3 Å². The summed E-state index contributed by atoms with van der Waals surface area (Å²) in [6.07, 6.45) is 8.82. The summed E-state index contributed by atoms with van der Waals surface area (Å²) in [6.45, 7) is 7.14. The van der Waals surface area contributed by atoms with Gasteiger partial charge in [-0.1, -0.05) is 6.58 Å². The van der Waals surface area contributed by atoms with E-state index in [1.165, 1.54) is 0 Å². The van der Waals surface area contributed by atoms with Gasteiger partial charge in [-0.3, -0.25) is 0 Å².